The minimum absolute atomic E-state index is 0.0629. The van der Waals surface area contributed by atoms with Crippen LogP contribution in [0.25, 0.3) is 0 Å². The molecule has 106 valence electrons. The predicted octanol–water partition coefficient (Wildman–Crippen LogP) is 4.52. The molecule has 0 unspecified atom stereocenters. The zero-order chi connectivity index (χ0) is 14.5. The number of para-hydroxylation sites is 1. The fourth-order valence-corrected chi connectivity index (χ4v) is 1.90. The van der Waals surface area contributed by atoms with Gasteiger partial charge in [-0.05, 0) is 24.7 Å². The summed E-state index contributed by atoms with van der Waals surface area (Å²) in [5.41, 5.74) is 0.687. The summed E-state index contributed by atoms with van der Waals surface area (Å²) in [5.74, 6) is -0.600. The summed E-state index contributed by atoms with van der Waals surface area (Å²) in [4.78, 5) is 0. The van der Waals surface area contributed by atoms with Gasteiger partial charge in [0.2, 0.25) is 0 Å². The molecule has 2 nitrogen and oxygen atoms in total. The van der Waals surface area contributed by atoms with E-state index in [-0.39, 0.29) is 10.8 Å². The minimum atomic E-state index is -0.541. The molecule has 0 heterocycles. The molecule has 5 heteroatoms. The van der Waals surface area contributed by atoms with Crippen LogP contribution in [0.2, 0.25) is 5.02 Å². The SMILES string of the molecule is CCNCc1cccc(F)c1Oc1ccc(F)c(Cl)c1. The van der Waals surface area contributed by atoms with E-state index < -0.39 is 11.6 Å². The van der Waals surface area contributed by atoms with Crippen molar-refractivity contribution in [2.24, 2.45) is 0 Å². The highest BCUT2D eigenvalue weighted by Gasteiger charge is 2.11. The fraction of sp³-hybridized carbons (Fsp3) is 0.200. The van der Waals surface area contributed by atoms with E-state index in [2.05, 4.69) is 5.32 Å². The molecule has 0 atom stereocenters. The first kappa shape index (κ1) is 14.8. The summed E-state index contributed by atoms with van der Waals surface area (Å²) in [5, 5.41) is 3.04. The second kappa shape index (κ2) is 6.68. The topological polar surface area (TPSA) is 21.3 Å². The van der Waals surface area contributed by atoms with Crippen LogP contribution < -0.4 is 10.1 Å². The van der Waals surface area contributed by atoms with E-state index in [0.29, 0.717) is 17.9 Å². The summed E-state index contributed by atoms with van der Waals surface area (Å²) >= 11 is 5.68. The highest BCUT2D eigenvalue weighted by Crippen LogP contribution is 2.30. The molecule has 2 aromatic carbocycles. The third-order valence-corrected chi connectivity index (χ3v) is 3.01. The Morgan fingerprint density at radius 1 is 1.15 bits per heavy atom. The molecule has 0 aliphatic heterocycles. The van der Waals surface area contributed by atoms with Gasteiger partial charge in [-0.2, -0.15) is 0 Å². The Labute approximate surface area is 121 Å². The van der Waals surface area contributed by atoms with Crippen molar-refractivity contribution >= 4 is 11.6 Å². The van der Waals surface area contributed by atoms with Crippen molar-refractivity contribution in [1.82, 2.24) is 5.32 Å². The smallest absolute Gasteiger partial charge is 0.167 e. The quantitative estimate of drug-likeness (QED) is 0.876. The zero-order valence-electron chi connectivity index (χ0n) is 10.9. The molecular weight excluding hydrogens is 284 g/mol. The molecule has 20 heavy (non-hydrogen) atoms. The van der Waals surface area contributed by atoms with E-state index in [0.717, 1.165) is 6.54 Å². The van der Waals surface area contributed by atoms with Gasteiger partial charge < -0.3 is 10.1 Å². The lowest BCUT2D eigenvalue weighted by Crippen LogP contribution is -2.12. The molecule has 0 aliphatic rings. The normalized spacial score (nSPS) is 10.6. The van der Waals surface area contributed by atoms with Crippen molar-refractivity contribution in [3.05, 3.63) is 58.6 Å². The molecule has 2 rings (SSSR count). The molecule has 0 aliphatic carbocycles. The molecule has 0 saturated carbocycles. The number of benzene rings is 2. The van der Waals surface area contributed by atoms with E-state index in [1.165, 1.54) is 24.3 Å². The average Bonchev–Trinajstić information content (AvgIpc) is 2.43. The number of halogens is 3. The molecule has 0 fully saturated rings. The molecule has 2 aromatic rings. The van der Waals surface area contributed by atoms with Crippen LogP contribution in [-0.4, -0.2) is 6.54 Å². The van der Waals surface area contributed by atoms with Crippen molar-refractivity contribution in [3.8, 4) is 11.5 Å². The first-order valence-electron chi connectivity index (χ1n) is 6.23. The summed E-state index contributed by atoms with van der Waals surface area (Å²) in [6.45, 7) is 3.20. The van der Waals surface area contributed by atoms with Crippen molar-refractivity contribution in [2.75, 3.05) is 6.54 Å². The largest absolute Gasteiger partial charge is 0.454 e. The molecule has 0 amide bonds. The Bertz CT molecular complexity index is 604. The third kappa shape index (κ3) is 3.46. The number of hydrogen-bond donors (Lipinski definition) is 1. The standard InChI is InChI=1S/C15H14ClF2NO/c1-2-19-9-10-4-3-5-14(18)15(10)20-11-6-7-13(17)12(16)8-11/h3-8,19H,2,9H2,1H3. The second-order valence-electron chi connectivity index (χ2n) is 4.19. The van der Waals surface area contributed by atoms with Crippen molar-refractivity contribution < 1.29 is 13.5 Å². The van der Waals surface area contributed by atoms with Gasteiger partial charge in [0.1, 0.15) is 11.6 Å². The van der Waals surface area contributed by atoms with Gasteiger partial charge in [0.05, 0.1) is 5.02 Å². The van der Waals surface area contributed by atoms with Crippen LogP contribution in [0.15, 0.2) is 36.4 Å². The number of nitrogens with one attached hydrogen (secondary N) is 1. The first-order chi connectivity index (χ1) is 9.61. The number of rotatable bonds is 5. The van der Waals surface area contributed by atoms with Gasteiger partial charge in [-0.15, -0.1) is 0 Å². The monoisotopic (exact) mass is 297 g/mol. The molecule has 0 saturated heterocycles. The summed E-state index contributed by atoms with van der Waals surface area (Å²) < 4.78 is 32.5. The average molecular weight is 298 g/mol. The highest BCUT2D eigenvalue weighted by molar-refractivity contribution is 6.30. The minimum Gasteiger partial charge on any atom is -0.454 e. The van der Waals surface area contributed by atoms with E-state index in [1.807, 2.05) is 6.92 Å². The van der Waals surface area contributed by atoms with Gasteiger partial charge in [-0.1, -0.05) is 30.7 Å². The number of ether oxygens (including phenoxy) is 1. The second-order valence-corrected chi connectivity index (χ2v) is 4.59. The van der Waals surface area contributed by atoms with Crippen LogP contribution in [-0.2, 0) is 6.54 Å². The van der Waals surface area contributed by atoms with Gasteiger partial charge in [0, 0.05) is 18.2 Å². The van der Waals surface area contributed by atoms with E-state index >= 15 is 0 Å². The lowest BCUT2D eigenvalue weighted by Gasteiger charge is -2.12. The van der Waals surface area contributed by atoms with E-state index in [9.17, 15) is 8.78 Å². The van der Waals surface area contributed by atoms with Crippen LogP contribution in [0.1, 0.15) is 12.5 Å². The fourth-order valence-electron chi connectivity index (χ4n) is 1.72. The maximum atomic E-state index is 13.9. The van der Waals surface area contributed by atoms with Crippen LogP contribution >= 0.6 is 11.6 Å². The van der Waals surface area contributed by atoms with Crippen LogP contribution in [0.4, 0.5) is 8.78 Å². The van der Waals surface area contributed by atoms with Crippen molar-refractivity contribution in [1.29, 1.82) is 0 Å². The Balaban J connectivity index is 2.29. The summed E-state index contributed by atoms with van der Waals surface area (Å²) in [7, 11) is 0. The van der Waals surface area contributed by atoms with Crippen molar-refractivity contribution in [3.63, 3.8) is 0 Å². The maximum absolute atomic E-state index is 13.9. The maximum Gasteiger partial charge on any atom is 0.167 e. The van der Waals surface area contributed by atoms with Gasteiger partial charge in [0.15, 0.2) is 11.6 Å². The molecule has 0 radical (unpaired) electrons. The Kier molecular flexibility index (Phi) is 4.93. The predicted molar refractivity (Wildman–Crippen MR) is 75.3 cm³/mol. The summed E-state index contributed by atoms with van der Waals surface area (Å²) in [6, 6.07) is 8.61. The molecular formula is C15H14ClF2NO. The Morgan fingerprint density at radius 2 is 1.95 bits per heavy atom. The molecule has 0 spiro atoms. The van der Waals surface area contributed by atoms with Gasteiger partial charge in [-0.25, -0.2) is 8.78 Å². The van der Waals surface area contributed by atoms with Gasteiger partial charge in [-0.3, -0.25) is 0 Å². The molecule has 0 aromatic heterocycles. The first-order valence-corrected chi connectivity index (χ1v) is 6.60. The van der Waals surface area contributed by atoms with E-state index in [4.69, 9.17) is 16.3 Å². The lowest BCUT2D eigenvalue weighted by molar-refractivity contribution is 0.433. The highest BCUT2D eigenvalue weighted by atomic mass is 35.5. The van der Waals surface area contributed by atoms with E-state index in [1.54, 1.807) is 12.1 Å². The van der Waals surface area contributed by atoms with Gasteiger partial charge in [0.25, 0.3) is 0 Å². The summed E-state index contributed by atoms with van der Waals surface area (Å²) in [6.07, 6.45) is 0. The van der Waals surface area contributed by atoms with Crippen LogP contribution in [0.3, 0.4) is 0 Å². The van der Waals surface area contributed by atoms with Gasteiger partial charge >= 0.3 is 0 Å². The number of hydrogen-bond acceptors (Lipinski definition) is 2. The van der Waals surface area contributed by atoms with Crippen molar-refractivity contribution in [2.45, 2.75) is 13.5 Å². The third-order valence-electron chi connectivity index (χ3n) is 2.72. The molecule has 1 N–H and O–H groups in total. The zero-order valence-corrected chi connectivity index (χ0v) is 11.7. The Hall–Kier alpha value is -1.65. The van der Waals surface area contributed by atoms with Crippen LogP contribution in [0.5, 0.6) is 11.5 Å². The molecule has 0 bridgehead atoms. The lowest BCUT2D eigenvalue weighted by atomic mass is 10.2. The Morgan fingerprint density at radius 3 is 2.65 bits per heavy atom. The van der Waals surface area contributed by atoms with Crippen LogP contribution in [0, 0.1) is 11.6 Å².